The molecule has 3 aromatic heterocycles. The van der Waals surface area contributed by atoms with Crippen LogP contribution in [0.3, 0.4) is 0 Å². The summed E-state index contributed by atoms with van der Waals surface area (Å²) in [5.74, 6) is 1.43. The summed E-state index contributed by atoms with van der Waals surface area (Å²) in [6.07, 6.45) is 4.48. The maximum atomic E-state index is 11.8. The molecule has 0 saturated carbocycles. The molecule has 0 aliphatic carbocycles. The smallest absolute Gasteiger partial charge is 0.268 e. The molecule has 136 valence electrons. The van der Waals surface area contributed by atoms with Gasteiger partial charge in [-0.05, 0) is 31.7 Å². The van der Waals surface area contributed by atoms with Crippen LogP contribution in [-0.4, -0.2) is 39.4 Å². The van der Waals surface area contributed by atoms with Crippen molar-refractivity contribution < 1.29 is 0 Å². The van der Waals surface area contributed by atoms with Gasteiger partial charge in [-0.25, -0.2) is 14.6 Å². The Morgan fingerprint density at radius 3 is 3.00 bits per heavy atom. The van der Waals surface area contributed by atoms with Crippen LogP contribution in [0.2, 0.25) is 0 Å². The third kappa shape index (κ3) is 3.05. The zero-order valence-electron chi connectivity index (χ0n) is 15.2. The molecule has 1 saturated heterocycles. The predicted molar refractivity (Wildman–Crippen MR) is 105 cm³/mol. The lowest BCUT2D eigenvalue weighted by atomic mass is 10.1. The second-order valence-corrected chi connectivity index (χ2v) is 8.05. The van der Waals surface area contributed by atoms with Crippen LogP contribution in [0.25, 0.3) is 10.2 Å². The third-order valence-corrected chi connectivity index (χ3v) is 6.24. The second kappa shape index (κ2) is 6.68. The van der Waals surface area contributed by atoms with Crippen LogP contribution < -0.4 is 15.8 Å². The molecule has 4 rings (SSSR count). The Labute approximate surface area is 155 Å². The summed E-state index contributed by atoms with van der Waals surface area (Å²) >= 11 is 1.71. The van der Waals surface area contributed by atoms with Gasteiger partial charge in [-0.3, -0.25) is 4.79 Å². The molecule has 0 spiro atoms. The van der Waals surface area contributed by atoms with E-state index in [0.29, 0.717) is 5.92 Å². The number of nitrogens with one attached hydrogen (secondary N) is 1. The number of aromatic nitrogens is 4. The number of aryl methyl sites for hydroxylation is 3. The summed E-state index contributed by atoms with van der Waals surface area (Å²) in [5, 5.41) is 8.78. The number of nitrogens with zero attached hydrogens (tertiary/aromatic N) is 5. The Morgan fingerprint density at radius 1 is 1.35 bits per heavy atom. The van der Waals surface area contributed by atoms with E-state index in [1.807, 2.05) is 0 Å². The number of hydrogen-bond donors (Lipinski definition) is 1. The molecule has 0 amide bonds. The maximum Gasteiger partial charge on any atom is 0.268 e. The van der Waals surface area contributed by atoms with E-state index in [1.54, 1.807) is 37.0 Å². The molecule has 4 heterocycles. The number of thiophene rings is 1. The van der Waals surface area contributed by atoms with Crippen molar-refractivity contribution in [1.82, 2.24) is 19.7 Å². The Bertz CT molecular complexity index is 1010. The molecular weight excluding hydrogens is 348 g/mol. The molecular formula is C18H22N6OS. The molecule has 1 fully saturated rings. The molecule has 8 heteroatoms. The molecule has 1 aliphatic rings. The van der Waals surface area contributed by atoms with E-state index in [2.05, 4.69) is 39.1 Å². The van der Waals surface area contributed by atoms with Crippen molar-refractivity contribution in [2.45, 2.75) is 20.3 Å². The van der Waals surface area contributed by atoms with Gasteiger partial charge in [0, 0.05) is 37.6 Å². The van der Waals surface area contributed by atoms with Crippen molar-refractivity contribution in [2.75, 3.05) is 29.9 Å². The standard InChI is InChI=1S/C18H22N6OS/c1-11-12(2)26-18-16(11)17(20-10-21-18)19-7-13-4-5-24(9-13)14-6-15(25)23(3)22-8-14/h6,8,10,13H,4-5,7,9H2,1-3H3,(H,19,20,21)/t13-/m0/s1. The molecule has 7 nitrogen and oxygen atoms in total. The van der Waals surface area contributed by atoms with E-state index >= 15 is 0 Å². The first-order chi connectivity index (χ1) is 12.5. The third-order valence-electron chi connectivity index (χ3n) is 5.13. The van der Waals surface area contributed by atoms with Crippen LogP contribution in [0.4, 0.5) is 11.5 Å². The topological polar surface area (TPSA) is 75.9 Å². The van der Waals surface area contributed by atoms with Crippen LogP contribution in [0.1, 0.15) is 16.9 Å². The van der Waals surface area contributed by atoms with Crippen molar-refractivity contribution in [2.24, 2.45) is 13.0 Å². The van der Waals surface area contributed by atoms with Gasteiger partial charge in [-0.2, -0.15) is 5.10 Å². The molecule has 0 unspecified atom stereocenters. The van der Waals surface area contributed by atoms with Crippen molar-refractivity contribution >= 4 is 33.1 Å². The van der Waals surface area contributed by atoms with Crippen LogP contribution in [0, 0.1) is 19.8 Å². The Hall–Kier alpha value is -2.48. The van der Waals surface area contributed by atoms with Crippen LogP contribution in [0.5, 0.6) is 0 Å². The van der Waals surface area contributed by atoms with E-state index in [1.165, 1.54) is 15.1 Å². The summed E-state index contributed by atoms with van der Waals surface area (Å²) < 4.78 is 1.35. The van der Waals surface area contributed by atoms with Gasteiger partial charge < -0.3 is 10.2 Å². The molecule has 0 aromatic carbocycles. The predicted octanol–water partition coefficient (Wildman–Crippen LogP) is 2.34. The maximum absolute atomic E-state index is 11.8. The van der Waals surface area contributed by atoms with Gasteiger partial charge >= 0.3 is 0 Å². The molecule has 1 atom stereocenters. The first-order valence-electron chi connectivity index (χ1n) is 8.76. The lowest BCUT2D eigenvalue weighted by molar-refractivity contribution is 0.621. The summed E-state index contributed by atoms with van der Waals surface area (Å²) in [4.78, 5) is 25.2. The fourth-order valence-electron chi connectivity index (χ4n) is 3.42. The molecule has 3 aromatic rings. The van der Waals surface area contributed by atoms with E-state index in [-0.39, 0.29) is 5.56 Å². The molecule has 0 bridgehead atoms. The number of fused-ring (bicyclic) bond motifs is 1. The van der Waals surface area contributed by atoms with Crippen LogP contribution in [-0.2, 0) is 7.05 Å². The largest absolute Gasteiger partial charge is 0.370 e. The first kappa shape index (κ1) is 17.0. The lowest BCUT2D eigenvalue weighted by Gasteiger charge is -2.18. The number of hydrogen-bond acceptors (Lipinski definition) is 7. The van der Waals surface area contributed by atoms with Gasteiger partial charge in [0.15, 0.2) is 0 Å². The minimum absolute atomic E-state index is 0.0734. The van der Waals surface area contributed by atoms with Gasteiger partial charge in [0.05, 0.1) is 17.3 Å². The molecule has 0 radical (unpaired) electrons. The second-order valence-electron chi connectivity index (χ2n) is 6.84. The highest BCUT2D eigenvalue weighted by atomic mass is 32.1. The van der Waals surface area contributed by atoms with Crippen molar-refractivity contribution in [3.63, 3.8) is 0 Å². The SMILES string of the molecule is Cc1sc2ncnc(NC[C@@H]3CCN(c4cnn(C)c(=O)c4)C3)c2c1C. The van der Waals surface area contributed by atoms with Gasteiger partial charge in [-0.1, -0.05) is 0 Å². The van der Waals surface area contributed by atoms with Crippen molar-refractivity contribution in [1.29, 1.82) is 0 Å². The fraction of sp³-hybridized carbons (Fsp3) is 0.444. The highest BCUT2D eigenvalue weighted by Gasteiger charge is 2.24. The number of rotatable bonds is 4. The Morgan fingerprint density at radius 2 is 2.19 bits per heavy atom. The van der Waals surface area contributed by atoms with E-state index in [0.717, 1.165) is 47.8 Å². The molecule has 26 heavy (non-hydrogen) atoms. The quantitative estimate of drug-likeness (QED) is 0.760. The lowest BCUT2D eigenvalue weighted by Crippen LogP contribution is -2.26. The van der Waals surface area contributed by atoms with Gasteiger partial charge in [0.2, 0.25) is 0 Å². The van der Waals surface area contributed by atoms with E-state index in [9.17, 15) is 4.79 Å². The zero-order chi connectivity index (χ0) is 18.3. The fourth-order valence-corrected chi connectivity index (χ4v) is 4.42. The molecule has 1 N–H and O–H groups in total. The van der Waals surface area contributed by atoms with Gasteiger partial charge in [0.1, 0.15) is 17.0 Å². The summed E-state index contributed by atoms with van der Waals surface area (Å²) in [6, 6.07) is 1.66. The minimum atomic E-state index is -0.0734. The van der Waals surface area contributed by atoms with Crippen molar-refractivity contribution in [3.8, 4) is 0 Å². The highest BCUT2D eigenvalue weighted by Crippen LogP contribution is 2.32. The molecule has 1 aliphatic heterocycles. The Kier molecular flexibility index (Phi) is 4.36. The summed E-state index contributed by atoms with van der Waals surface area (Å²) in [5.41, 5.74) is 2.09. The minimum Gasteiger partial charge on any atom is -0.370 e. The number of anilines is 2. The van der Waals surface area contributed by atoms with Gasteiger partial charge in [-0.15, -0.1) is 11.3 Å². The summed E-state index contributed by atoms with van der Waals surface area (Å²) in [6.45, 7) is 6.96. The average molecular weight is 370 g/mol. The van der Waals surface area contributed by atoms with Crippen molar-refractivity contribution in [3.05, 3.63) is 39.4 Å². The first-order valence-corrected chi connectivity index (χ1v) is 9.57. The normalized spacial score (nSPS) is 17.2. The van der Waals surface area contributed by atoms with Crippen LogP contribution in [0.15, 0.2) is 23.4 Å². The Balaban J connectivity index is 1.45. The van der Waals surface area contributed by atoms with E-state index in [4.69, 9.17) is 0 Å². The summed E-state index contributed by atoms with van der Waals surface area (Å²) in [7, 11) is 1.67. The average Bonchev–Trinajstić information content (AvgIpc) is 3.21. The highest BCUT2D eigenvalue weighted by molar-refractivity contribution is 7.18. The van der Waals surface area contributed by atoms with Gasteiger partial charge in [0.25, 0.3) is 5.56 Å². The zero-order valence-corrected chi connectivity index (χ0v) is 16.0. The van der Waals surface area contributed by atoms with Crippen LogP contribution >= 0.6 is 11.3 Å². The van der Waals surface area contributed by atoms with E-state index < -0.39 is 0 Å². The monoisotopic (exact) mass is 370 g/mol.